The number of ether oxygens (including phenoxy) is 1. The van der Waals surface area contributed by atoms with E-state index in [4.69, 9.17) is 27.9 Å². The molecule has 0 saturated carbocycles. The summed E-state index contributed by atoms with van der Waals surface area (Å²) in [5, 5.41) is 0.731. The molecule has 2 aromatic rings. The van der Waals surface area contributed by atoms with Crippen LogP contribution < -0.4 is 4.74 Å². The molecule has 0 unspecified atom stereocenters. The lowest BCUT2D eigenvalue weighted by Crippen LogP contribution is -2.06. The van der Waals surface area contributed by atoms with Gasteiger partial charge >= 0.3 is 6.18 Å². The average Bonchev–Trinajstić information content (AvgIpc) is 2.87. The van der Waals surface area contributed by atoms with Gasteiger partial charge in [0.25, 0.3) is 0 Å². The van der Waals surface area contributed by atoms with Crippen molar-refractivity contribution in [3.05, 3.63) is 51.5 Å². The molecule has 0 aliphatic carbocycles. The number of rotatable bonds is 1. The van der Waals surface area contributed by atoms with Gasteiger partial charge in [-0.15, -0.1) is 0 Å². The molecule has 0 radical (unpaired) electrons. The quantitative estimate of drug-likeness (QED) is 0.659. The number of hydrogen-bond acceptors (Lipinski definition) is 1. The molecule has 6 heteroatoms. The summed E-state index contributed by atoms with van der Waals surface area (Å²) in [6, 6.07) is 6.87. The Bertz CT molecular complexity index is 711. The van der Waals surface area contributed by atoms with Gasteiger partial charge in [-0.25, -0.2) is 0 Å². The van der Waals surface area contributed by atoms with Crippen LogP contribution in [-0.2, 0) is 12.6 Å². The van der Waals surface area contributed by atoms with Crippen LogP contribution in [0.15, 0.2) is 30.3 Å². The Morgan fingerprint density at radius 3 is 2.48 bits per heavy atom. The van der Waals surface area contributed by atoms with Gasteiger partial charge in [-0.05, 0) is 35.9 Å². The first-order valence-corrected chi connectivity index (χ1v) is 6.94. The number of alkyl halides is 3. The summed E-state index contributed by atoms with van der Waals surface area (Å²) >= 11 is 12.0. The van der Waals surface area contributed by atoms with Crippen molar-refractivity contribution in [3.8, 4) is 16.9 Å². The van der Waals surface area contributed by atoms with E-state index in [9.17, 15) is 13.2 Å². The molecule has 1 nitrogen and oxygen atoms in total. The SMILES string of the molecule is FC(F)(F)c1cc2c(c(-c3cc(Cl)ccc3Cl)c1)OCC2. The van der Waals surface area contributed by atoms with Crippen LogP contribution in [0.3, 0.4) is 0 Å². The van der Waals surface area contributed by atoms with E-state index in [1.54, 1.807) is 18.2 Å². The van der Waals surface area contributed by atoms with Crippen LogP contribution in [0.1, 0.15) is 11.1 Å². The smallest absolute Gasteiger partial charge is 0.416 e. The molecule has 21 heavy (non-hydrogen) atoms. The monoisotopic (exact) mass is 332 g/mol. The Kier molecular flexibility index (Phi) is 3.54. The second-order valence-electron chi connectivity index (χ2n) is 4.73. The third-order valence-electron chi connectivity index (χ3n) is 3.33. The van der Waals surface area contributed by atoms with Gasteiger partial charge in [0, 0.05) is 27.6 Å². The highest BCUT2D eigenvalue weighted by atomic mass is 35.5. The van der Waals surface area contributed by atoms with Crippen LogP contribution in [0, 0.1) is 0 Å². The predicted octanol–water partition coefficient (Wildman–Crippen LogP) is 5.61. The van der Waals surface area contributed by atoms with Crippen molar-refractivity contribution >= 4 is 23.2 Å². The van der Waals surface area contributed by atoms with Crippen LogP contribution in [0.2, 0.25) is 10.0 Å². The lowest BCUT2D eigenvalue weighted by Gasteiger charge is -2.14. The van der Waals surface area contributed by atoms with Gasteiger partial charge in [-0.3, -0.25) is 0 Å². The van der Waals surface area contributed by atoms with E-state index in [2.05, 4.69) is 0 Å². The lowest BCUT2D eigenvalue weighted by atomic mass is 9.97. The fourth-order valence-corrected chi connectivity index (χ4v) is 2.77. The van der Waals surface area contributed by atoms with Gasteiger partial charge in [0.1, 0.15) is 5.75 Å². The molecule has 0 fully saturated rings. The maximum atomic E-state index is 13.0. The number of halogens is 5. The zero-order chi connectivity index (χ0) is 15.2. The van der Waals surface area contributed by atoms with E-state index in [1.807, 2.05) is 0 Å². The molecule has 1 heterocycles. The second kappa shape index (κ2) is 5.11. The lowest BCUT2D eigenvalue weighted by molar-refractivity contribution is -0.137. The first kappa shape index (κ1) is 14.5. The minimum absolute atomic E-state index is 0.324. The molecule has 110 valence electrons. The van der Waals surface area contributed by atoms with E-state index >= 15 is 0 Å². The second-order valence-corrected chi connectivity index (χ2v) is 5.58. The van der Waals surface area contributed by atoms with Crippen LogP contribution >= 0.6 is 23.2 Å². The first-order valence-electron chi connectivity index (χ1n) is 6.18. The standard InChI is InChI=1S/C15H9Cl2F3O/c16-10-1-2-13(17)11(7-10)12-6-9(15(18,19)20)5-8-3-4-21-14(8)12/h1-2,5-7H,3-4H2. The van der Waals surface area contributed by atoms with Crippen molar-refractivity contribution in [1.29, 1.82) is 0 Å². The molecule has 0 saturated heterocycles. The summed E-state index contributed by atoms with van der Waals surface area (Å²) in [4.78, 5) is 0. The van der Waals surface area contributed by atoms with Crippen molar-refractivity contribution in [2.75, 3.05) is 6.61 Å². The number of fused-ring (bicyclic) bond motifs is 1. The first-order chi connectivity index (χ1) is 9.86. The molecular weight excluding hydrogens is 324 g/mol. The van der Waals surface area contributed by atoms with Crippen molar-refractivity contribution in [3.63, 3.8) is 0 Å². The molecule has 0 aromatic heterocycles. The minimum atomic E-state index is -4.42. The van der Waals surface area contributed by atoms with Gasteiger partial charge in [0.05, 0.1) is 12.2 Å². The van der Waals surface area contributed by atoms with Crippen LogP contribution in [0.25, 0.3) is 11.1 Å². The molecule has 0 amide bonds. The fourth-order valence-electron chi connectivity index (χ4n) is 2.38. The highest BCUT2D eigenvalue weighted by Crippen LogP contribution is 2.44. The zero-order valence-electron chi connectivity index (χ0n) is 10.6. The number of hydrogen-bond donors (Lipinski definition) is 0. The van der Waals surface area contributed by atoms with Gasteiger partial charge in [-0.2, -0.15) is 13.2 Å². The largest absolute Gasteiger partial charge is 0.492 e. The van der Waals surface area contributed by atoms with Crippen molar-refractivity contribution < 1.29 is 17.9 Å². The summed E-state index contributed by atoms with van der Waals surface area (Å²) < 4.78 is 44.6. The van der Waals surface area contributed by atoms with Crippen LogP contribution in [0.4, 0.5) is 13.2 Å². The maximum absolute atomic E-state index is 13.0. The third-order valence-corrected chi connectivity index (χ3v) is 3.89. The van der Waals surface area contributed by atoms with Crippen LogP contribution in [-0.4, -0.2) is 6.61 Å². The van der Waals surface area contributed by atoms with E-state index < -0.39 is 11.7 Å². The molecule has 2 aromatic carbocycles. The Morgan fingerprint density at radius 1 is 1.00 bits per heavy atom. The van der Waals surface area contributed by atoms with E-state index in [0.717, 1.165) is 12.1 Å². The minimum Gasteiger partial charge on any atom is -0.492 e. The summed E-state index contributed by atoms with van der Waals surface area (Å²) in [7, 11) is 0. The third kappa shape index (κ3) is 2.70. The van der Waals surface area contributed by atoms with Gasteiger partial charge in [-0.1, -0.05) is 23.2 Å². The highest BCUT2D eigenvalue weighted by Gasteiger charge is 2.33. The summed E-state index contributed by atoms with van der Waals surface area (Å²) in [6.45, 7) is 0.363. The Labute approximate surface area is 129 Å². The molecule has 1 aliphatic rings. The summed E-state index contributed by atoms with van der Waals surface area (Å²) in [5.41, 5.74) is 0.590. The van der Waals surface area contributed by atoms with Crippen molar-refractivity contribution in [2.24, 2.45) is 0 Å². The molecular formula is C15H9Cl2F3O. The maximum Gasteiger partial charge on any atom is 0.416 e. The van der Waals surface area contributed by atoms with Gasteiger partial charge < -0.3 is 4.74 Å². The van der Waals surface area contributed by atoms with E-state index in [0.29, 0.717) is 45.5 Å². The molecule has 0 bridgehead atoms. The molecule has 0 N–H and O–H groups in total. The summed E-state index contributed by atoms with van der Waals surface area (Å²) in [6.07, 6.45) is -3.97. The highest BCUT2D eigenvalue weighted by molar-refractivity contribution is 6.35. The van der Waals surface area contributed by atoms with Crippen molar-refractivity contribution in [2.45, 2.75) is 12.6 Å². The number of benzene rings is 2. The van der Waals surface area contributed by atoms with Crippen LogP contribution in [0.5, 0.6) is 5.75 Å². The fraction of sp³-hybridized carbons (Fsp3) is 0.200. The molecule has 3 rings (SSSR count). The Morgan fingerprint density at radius 2 is 1.76 bits per heavy atom. The summed E-state index contributed by atoms with van der Waals surface area (Å²) in [5.74, 6) is 0.451. The van der Waals surface area contributed by atoms with E-state index in [1.165, 1.54) is 0 Å². The van der Waals surface area contributed by atoms with E-state index in [-0.39, 0.29) is 0 Å². The molecule has 0 atom stereocenters. The average molecular weight is 333 g/mol. The Hall–Kier alpha value is -1.39. The predicted molar refractivity (Wildman–Crippen MR) is 76.1 cm³/mol. The molecule has 1 aliphatic heterocycles. The van der Waals surface area contributed by atoms with Gasteiger partial charge in [0.15, 0.2) is 0 Å². The topological polar surface area (TPSA) is 9.23 Å². The molecule has 0 spiro atoms. The van der Waals surface area contributed by atoms with Crippen molar-refractivity contribution in [1.82, 2.24) is 0 Å². The Balaban J connectivity index is 2.26. The zero-order valence-corrected chi connectivity index (χ0v) is 12.1. The van der Waals surface area contributed by atoms with Gasteiger partial charge in [0.2, 0.25) is 0 Å². The normalized spacial score (nSPS) is 14.0.